The number of carbonyl (C=O) groups is 1. The van der Waals surface area contributed by atoms with Gasteiger partial charge < -0.3 is 4.74 Å². The van der Waals surface area contributed by atoms with Gasteiger partial charge in [0, 0.05) is 0 Å². The predicted molar refractivity (Wildman–Crippen MR) is 102 cm³/mol. The fourth-order valence-corrected chi connectivity index (χ4v) is 2.46. The Balaban J connectivity index is 1.74. The SMILES string of the molecule is CCCCCc1ccc(C=NNC(=O)COc2ccccc2Cl)cc1. The third-order valence-corrected chi connectivity index (χ3v) is 3.96. The molecule has 0 atom stereocenters. The summed E-state index contributed by atoms with van der Waals surface area (Å²) in [5, 5.41) is 4.41. The minimum atomic E-state index is -0.340. The van der Waals surface area contributed by atoms with E-state index in [1.807, 2.05) is 12.1 Å². The third kappa shape index (κ3) is 6.98. The van der Waals surface area contributed by atoms with Gasteiger partial charge >= 0.3 is 0 Å². The molecule has 5 heteroatoms. The third-order valence-electron chi connectivity index (χ3n) is 3.65. The molecule has 0 spiro atoms. The van der Waals surface area contributed by atoms with Crippen molar-refractivity contribution in [3.8, 4) is 5.75 Å². The molecule has 25 heavy (non-hydrogen) atoms. The number of aryl methyl sites for hydroxylation is 1. The van der Waals surface area contributed by atoms with Gasteiger partial charge in [-0.05, 0) is 36.1 Å². The summed E-state index contributed by atoms with van der Waals surface area (Å²) in [6, 6.07) is 15.2. The number of amides is 1. The molecule has 0 bridgehead atoms. The standard InChI is InChI=1S/C20H23ClN2O2/c1-2-3-4-7-16-10-12-17(13-11-16)14-22-23-20(24)15-25-19-9-6-5-8-18(19)21/h5-6,8-14H,2-4,7,15H2,1H3,(H,23,24). The van der Waals surface area contributed by atoms with Gasteiger partial charge in [-0.1, -0.05) is 67.8 Å². The molecule has 1 amide bonds. The van der Waals surface area contributed by atoms with Gasteiger partial charge in [0.25, 0.3) is 5.91 Å². The molecule has 0 radical (unpaired) electrons. The summed E-state index contributed by atoms with van der Waals surface area (Å²) in [5.74, 6) is 0.134. The van der Waals surface area contributed by atoms with Crippen LogP contribution in [-0.4, -0.2) is 18.7 Å². The van der Waals surface area contributed by atoms with Crippen molar-refractivity contribution in [2.75, 3.05) is 6.61 Å². The van der Waals surface area contributed by atoms with Crippen LogP contribution in [0.15, 0.2) is 53.6 Å². The van der Waals surface area contributed by atoms with E-state index in [1.54, 1.807) is 30.5 Å². The van der Waals surface area contributed by atoms with Gasteiger partial charge in [-0.2, -0.15) is 5.10 Å². The van der Waals surface area contributed by atoms with E-state index >= 15 is 0 Å². The van der Waals surface area contributed by atoms with Crippen molar-refractivity contribution in [1.82, 2.24) is 5.43 Å². The molecule has 1 N–H and O–H groups in total. The molecule has 0 aliphatic rings. The lowest BCUT2D eigenvalue weighted by Gasteiger charge is -2.06. The molecule has 0 saturated carbocycles. The first-order valence-corrected chi connectivity index (χ1v) is 8.85. The van der Waals surface area contributed by atoms with E-state index in [-0.39, 0.29) is 12.5 Å². The molecule has 0 saturated heterocycles. The Kier molecular flexibility index (Phi) is 7.99. The van der Waals surface area contributed by atoms with E-state index in [1.165, 1.54) is 24.8 Å². The van der Waals surface area contributed by atoms with Crippen molar-refractivity contribution in [2.45, 2.75) is 32.6 Å². The summed E-state index contributed by atoms with van der Waals surface area (Å²) in [5.41, 5.74) is 4.70. The van der Waals surface area contributed by atoms with Gasteiger partial charge in [0.05, 0.1) is 11.2 Å². The van der Waals surface area contributed by atoms with Crippen LogP contribution in [0, 0.1) is 0 Å². The highest BCUT2D eigenvalue weighted by Gasteiger charge is 2.04. The number of hydrazone groups is 1. The zero-order valence-corrected chi connectivity index (χ0v) is 15.1. The van der Waals surface area contributed by atoms with E-state index in [2.05, 4.69) is 29.6 Å². The lowest BCUT2D eigenvalue weighted by Crippen LogP contribution is -2.24. The summed E-state index contributed by atoms with van der Waals surface area (Å²) in [6.07, 6.45) is 6.41. The maximum Gasteiger partial charge on any atom is 0.277 e. The van der Waals surface area contributed by atoms with Crippen molar-refractivity contribution < 1.29 is 9.53 Å². The molecule has 132 valence electrons. The number of para-hydroxylation sites is 1. The molecule has 0 aliphatic heterocycles. The van der Waals surface area contributed by atoms with Gasteiger partial charge in [0.15, 0.2) is 6.61 Å². The lowest BCUT2D eigenvalue weighted by molar-refractivity contribution is -0.123. The van der Waals surface area contributed by atoms with Crippen molar-refractivity contribution in [3.05, 3.63) is 64.7 Å². The maximum atomic E-state index is 11.7. The minimum Gasteiger partial charge on any atom is -0.482 e. The Morgan fingerprint density at radius 2 is 1.92 bits per heavy atom. The van der Waals surface area contributed by atoms with Gasteiger partial charge in [0.1, 0.15) is 5.75 Å². The van der Waals surface area contributed by atoms with Gasteiger partial charge in [-0.15, -0.1) is 0 Å². The van der Waals surface area contributed by atoms with Gasteiger partial charge in [0.2, 0.25) is 0 Å². The molecular formula is C20H23ClN2O2. The van der Waals surface area contributed by atoms with Gasteiger partial charge in [-0.25, -0.2) is 5.43 Å². The quantitative estimate of drug-likeness (QED) is 0.404. The van der Waals surface area contributed by atoms with E-state index in [4.69, 9.17) is 16.3 Å². The maximum absolute atomic E-state index is 11.7. The van der Waals surface area contributed by atoms with E-state index < -0.39 is 0 Å². The molecule has 2 aromatic carbocycles. The molecule has 0 aromatic heterocycles. The largest absolute Gasteiger partial charge is 0.482 e. The summed E-state index contributed by atoms with van der Waals surface area (Å²) < 4.78 is 5.35. The molecule has 2 rings (SSSR count). The molecular weight excluding hydrogens is 336 g/mol. The van der Waals surface area contributed by atoms with Crippen LogP contribution in [0.5, 0.6) is 5.75 Å². The van der Waals surface area contributed by atoms with Crippen LogP contribution in [0.3, 0.4) is 0 Å². The van der Waals surface area contributed by atoms with Crippen LogP contribution >= 0.6 is 11.6 Å². The molecule has 0 fully saturated rings. The van der Waals surface area contributed by atoms with Crippen LogP contribution in [0.1, 0.15) is 37.3 Å². The first kappa shape index (κ1) is 19.0. The number of rotatable bonds is 9. The zero-order valence-electron chi connectivity index (χ0n) is 14.4. The average Bonchev–Trinajstić information content (AvgIpc) is 2.62. The van der Waals surface area contributed by atoms with Crippen molar-refractivity contribution in [1.29, 1.82) is 0 Å². The Labute approximate surface area is 153 Å². The highest BCUT2D eigenvalue weighted by Crippen LogP contribution is 2.22. The molecule has 4 nitrogen and oxygen atoms in total. The number of benzene rings is 2. The minimum absolute atomic E-state index is 0.141. The normalized spacial score (nSPS) is 10.8. The van der Waals surface area contributed by atoms with E-state index in [0.29, 0.717) is 10.8 Å². The average molecular weight is 359 g/mol. The molecule has 0 unspecified atom stereocenters. The number of ether oxygens (including phenoxy) is 1. The first-order chi connectivity index (χ1) is 12.2. The smallest absolute Gasteiger partial charge is 0.277 e. The van der Waals surface area contributed by atoms with E-state index in [9.17, 15) is 4.79 Å². The van der Waals surface area contributed by atoms with Crippen LogP contribution in [0.25, 0.3) is 0 Å². The predicted octanol–water partition coefficient (Wildman–Crippen LogP) is 4.60. The fraction of sp³-hybridized carbons (Fsp3) is 0.300. The Bertz CT molecular complexity index is 699. The second-order valence-electron chi connectivity index (χ2n) is 5.71. The lowest BCUT2D eigenvalue weighted by atomic mass is 10.1. The van der Waals surface area contributed by atoms with E-state index in [0.717, 1.165) is 12.0 Å². The second kappa shape index (κ2) is 10.5. The Morgan fingerprint density at radius 3 is 2.64 bits per heavy atom. The summed E-state index contributed by atoms with van der Waals surface area (Å²) in [4.78, 5) is 11.7. The highest BCUT2D eigenvalue weighted by atomic mass is 35.5. The van der Waals surface area contributed by atoms with Gasteiger partial charge in [-0.3, -0.25) is 4.79 Å². The topological polar surface area (TPSA) is 50.7 Å². The molecule has 2 aromatic rings. The Hall–Kier alpha value is -2.33. The van der Waals surface area contributed by atoms with Crippen molar-refractivity contribution in [2.24, 2.45) is 5.10 Å². The monoisotopic (exact) mass is 358 g/mol. The first-order valence-electron chi connectivity index (χ1n) is 8.47. The van der Waals surface area contributed by atoms with Crippen LogP contribution in [0.4, 0.5) is 0 Å². The summed E-state index contributed by atoms with van der Waals surface area (Å²) in [7, 11) is 0. The summed E-state index contributed by atoms with van der Waals surface area (Å²) in [6.45, 7) is 2.06. The molecule has 0 heterocycles. The number of halogens is 1. The number of nitrogens with zero attached hydrogens (tertiary/aromatic N) is 1. The van der Waals surface area contributed by atoms with Crippen LogP contribution in [0.2, 0.25) is 5.02 Å². The Morgan fingerprint density at radius 1 is 1.16 bits per heavy atom. The second-order valence-corrected chi connectivity index (χ2v) is 6.12. The number of hydrogen-bond acceptors (Lipinski definition) is 3. The van der Waals surface area contributed by atoms with Crippen LogP contribution in [-0.2, 0) is 11.2 Å². The number of hydrogen-bond donors (Lipinski definition) is 1. The highest BCUT2D eigenvalue weighted by molar-refractivity contribution is 6.32. The van der Waals surface area contributed by atoms with Crippen molar-refractivity contribution >= 4 is 23.7 Å². The summed E-state index contributed by atoms with van der Waals surface area (Å²) >= 11 is 5.96. The number of unbranched alkanes of at least 4 members (excludes halogenated alkanes) is 2. The zero-order chi connectivity index (χ0) is 17.9. The number of nitrogens with one attached hydrogen (secondary N) is 1. The molecule has 0 aliphatic carbocycles. The van der Waals surface area contributed by atoms with Crippen molar-refractivity contribution in [3.63, 3.8) is 0 Å². The number of carbonyl (C=O) groups excluding carboxylic acids is 1. The van der Waals surface area contributed by atoms with Crippen LogP contribution < -0.4 is 10.2 Å². The fourth-order valence-electron chi connectivity index (χ4n) is 2.27.